The molecule has 0 atom stereocenters. The highest BCUT2D eigenvalue weighted by atomic mass is 15.2. The molecule has 1 rings (SSSR count). The van der Waals surface area contributed by atoms with Crippen molar-refractivity contribution in [2.75, 3.05) is 19.8 Å². The van der Waals surface area contributed by atoms with E-state index in [1.807, 2.05) is 0 Å². The molecule has 0 aromatic rings. The maximum atomic E-state index is 5.85. The molecule has 1 saturated carbocycles. The third-order valence-electron chi connectivity index (χ3n) is 3.73. The van der Waals surface area contributed by atoms with Gasteiger partial charge in [0, 0.05) is 12.7 Å². The molecule has 1 aliphatic rings. The summed E-state index contributed by atoms with van der Waals surface area (Å²) in [5, 5.41) is 0. The predicted octanol–water partition coefficient (Wildman–Crippen LogP) is 2.06. The monoisotopic (exact) mass is 227 g/mol. The van der Waals surface area contributed by atoms with E-state index in [0.29, 0.717) is 0 Å². The van der Waals surface area contributed by atoms with Crippen LogP contribution in [0.25, 0.3) is 0 Å². The molecule has 0 aromatic heterocycles. The van der Waals surface area contributed by atoms with Gasteiger partial charge in [0.1, 0.15) is 0 Å². The number of nitrogens with zero attached hydrogens (tertiary/aromatic N) is 1. The lowest BCUT2D eigenvalue weighted by molar-refractivity contribution is 0.157. The van der Waals surface area contributed by atoms with Crippen LogP contribution in [0.5, 0.6) is 0 Å². The normalized spacial score (nSPS) is 18.2. The molecule has 0 unspecified atom stereocenters. The van der Waals surface area contributed by atoms with Crippen LogP contribution in [0.2, 0.25) is 0 Å². The predicted molar refractivity (Wildman–Crippen MR) is 70.2 cm³/mol. The molecule has 16 heavy (non-hydrogen) atoms. The van der Waals surface area contributed by atoms with Gasteiger partial charge in [-0.2, -0.15) is 0 Å². The van der Waals surface area contributed by atoms with E-state index in [1.54, 1.807) is 0 Å². The Labute approximate surface area is 101 Å². The Balaban J connectivity index is 2.10. The summed E-state index contributed by atoms with van der Waals surface area (Å²) in [4.78, 5) is 2.49. The zero-order chi connectivity index (χ0) is 11.6. The van der Waals surface area contributed by atoms with Crippen molar-refractivity contribution < 1.29 is 0 Å². The molecule has 4 N–H and O–H groups in total. The van der Waals surface area contributed by atoms with Gasteiger partial charge in [-0.25, -0.2) is 0 Å². The highest BCUT2D eigenvalue weighted by Crippen LogP contribution is 2.22. The second-order valence-electron chi connectivity index (χ2n) is 4.99. The van der Waals surface area contributed by atoms with Crippen LogP contribution in [0.4, 0.5) is 0 Å². The van der Waals surface area contributed by atoms with Crippen molar-refractivity contribution in [3.05, 3.63) is 0 Å². The average molecular weight is 227 g/mol. The minimum absolute atomic E-state index is 0.738. The van der Waals surface area contributed by atoms with E-state index in [2.05, 4.69) is 4.90 Å². The van der Waals surface area contributed by atoms with Crippen molar-refractivity contribution in [3.63, 3.8) is 0 Å². The highest BCUT2D eigenvalue weighted by molar-refractivity contribution is 4.74. The van der Waals surface area contributed by atoms with Crippen LogP contribution >= 0.6 is 0 Å². The first-order chi connectivity index (χ1) is 7.88. The maximum Gasteiger partial charge on any atom is 0.0457 e. The molecular weight excluding hydrogens is 198 g/mol. The summed E-state index contributed by atoms with van der Waals surface area (Å²) in [7, 11) is 0. The van der Waals surface area contributed by atoms with Gasteiger partial charge in [0.15, 0.2) is 0 Å². The minimum atomic E-state index is 0.738. The summed E-state index contributed by atoms with van der Waals surface area (Å²) < 4.78 is 0. The van der Waals surface area contributed by atoms with Crippen LogP contribution in [-0.2, 0) is 0 Å². The largest absolute Gasteiger partial charge is 0.330 e. The Hall–Kier alpha value is -0.120. The first-order valence-electron chi connectivity index (χ1n) is 7.02. The van der Waals surface area contributed by atoms with Crippen molar-refractivity contribution in [3.8, 4) is 0 Å². The number of hydrogen-bond donors (Lipinski definition) is 2. The molecule has 1 fully saturated rings. The lowest BCUT2D eigenvalue weighted by Crippen LogP contribution is -2.41. The molecule has 0 aromatic carbocycles. The Kier molecular flexibility index (Phi) is 7.81. The van der Waals surface area contributed by atoms with Gasteiger partial charge in [-0.1, -0.05) is 32.1 Å². The molecule has 0 heterocycles. The molecule has 0 amide bonds. The van der Waals surface area contributed by atoms with Gasteiger partial charge in [-0.3, -0.25) is 4.90 Å². The molecule has 0 bridgehead atoms. The van der Waals surface area contributed by atoms with Gasteiger partial charge in [0.2, 0.25) is 0 Å². The SMILES string of the molecule is NCCCCCCN(CN)C1CCCCC1. The zero-order valence-electron chi connectivity index (χ0n) is 10.7. The van der Waals surface area contributed by atoms with Crippen molar-refractivity contribution in [2.45, 2.75) is 63.8 Å². The first-order valence-corrected chi connectivity index (χ1v) is 7.02. The van der Waals surface area contributed by atoms with E-state index < -0.39 is 0 Å². The zero-order valence-corrected chi connectivity index (χ0v) is 10.7. The quantitative estimate of drug-likeness (QED) is 0.493. The standard InChI is InChI=1S/C13H29N3/c14-10-6-1-2-7-11-16(12-15)13-8-4-3-5-9-13/h13H,1-12,14-15H2. The summed E-state index contributed by atoms with van der Waals surface area (Å²) in [6, 6.07) is 0.772. The molecule has 96 valence electrons. The van der Waals surface area contributed by atoms with Crippen LogP contribution in [0.15, 0.2) is 0 Å². The van der Waals surface area contributed by atoms with Crippen LogP contribution in [0.1, 0.15) is 57.8 Å². The molecule has 3 nitrogen and oxygen atoms in total. The Morgan fingerprint density at radius 2 is 1.56 bits per heavy atom. The van der Waals surface area contributed by atoms with Crippen LogP contribution in [-0.4, -0.2) is 30.7 Å². The molecule has 0 radical (unpaired) electrons. The first kappa shape index (κ1) is 13.9. The Morgan fingerprint density at radius 3 is 2.19 bits per heavy atom. The summed E-state index contributed by atoms with van der Waals surface area (Å²) in [5.74, 6) is 0. The van der Waals surface area contributed by atoms with E-state index >= 15 is 0 Å². The minimum Gasteiger partial charge on any atom is -0.330 e. The van der Waals surface area contributed by atoms with E-state index in [9.17, 15) is 0 Å². The fourth-order valence-electron chi connectivity index (χ4n) is 2.68. The number of nitrogens with two attached hydrogens (primary N) is 2. The lowest BCUT2D eigenvalue weighted by Gasteiger charge is -2.33. The van der Waals surface area contributed by atoms with Crippen molar-refractivity contribution in [1.29, 1.82) is 0 Å². The summed E-state index contributed by atoms with van der Waals surface area (Å²) in [5.41, 5.74) is 11.3. The second kappa shape index (κ2) is 8.97. The number of hydrogen-bond acceptors (Lipinski definition) is 3. The highest BCUT2D eigenvalue weighted by Gasteiger charge is 2.19. The number of unbranched alkanes of at least 4 members (excludes halogenated alkanes) is 3. The summed E-state index contributed by atoms with van der Waals surface area (Å²) >= 11 is 0. The van der Waals surface area contributed by atoms with Gasteiger partial charge in [0.05, 0.1) is 0 Å². The van der Waals surface area contributed by atoms with Crippen LogP contribution in [0.3, 0.4) is 0 Å². The summed E-state index contributed by atoms with van der Waals surface area (Å²) in [6.07, 6.45) is 12.0. The average Bonchev–Trinajstić information content (AvgIpc) is 2.35. The van der Waals surface area contributed by atoms with Crippen molar-refractivity contribution in [2.24, 2.45) is 11.5 Å². The van der Waals surface area contributed by atoms with E-state index in [0.717, 1.165) is 19.3 Å². The van der Waals surface area contributed by atoms with E-state index in [1.165, 1.54) is 64.3 Å². The van der Waals surface area contributed by atoms with E-state index in [-0.39, 0.29) is 0 Å². The van der Waals surface area contributed by atoms with Gasteiger partial charge in [-0.05, 0) is 38.8 Å². The van der Waals surface area contributed by atoms with Gasteiger partial charge in [-0.15, -0.1) is 0 Å². The maximum absolute atomic E-state index is 5.85. The molecule has 0 spiro atoms. The van der Waals surface area contributed by atoms with Gasteiger partial charge < -0.3 is 11.5 Å². The van der Waals surface area contributed by atoms with Crippen LogP contribution < -0.4 is 11.5 Å². The molecule has 1 aliphatic carbocycles. The molecule has 3 heteroatoms. The molecule has 0 saturated heterocycles. The van der Waals surface area contributed by atoms with Crippen molar-refractivity contribution in [1.82, 2.24) is 4.90 Å². The Morgan fingerprint density at radius 1 is 0.875 bits per heavy atom. The summed E-state index contributed by atoms with van der Waals surface area (Å²) in [6.45, 7) is 2.76. The number of rotatable bonds is 8. The van der Waals surface area contributed by atoms with Gasteiger partial charge >= 0.3 is 0 Å². The third kappa shape index (κ3) is 5.28. The second-order valence-corrected chi connectivity index (χ2v) is 4.99. The van der Waals surface area contributed by atoms with Gasteiger partial charge in [0.25, 0.3) is 0 Å². The van der Waals surface area contributed by atoms with Crippen molar-refractivity contribution >= 4 is 0 Å². The fourth-order valence-corrected chi connectivity index (χ4v) is 2.68. The Bertz CT molecular complexity index is 155. The molecular formula is C13H29N3. The fraction of sp³-hybridized carbons (Fsp3) is 1.00. The van der Waals surface area contributed by atoms with E-state index in [4.69, 9.17) is 11.5 Å². The third-order valence-corrected chi connectivity index (χ3v) is 3.73. The smallest absolute Gasteiger partial charge is 0.0457 e. The lowest BCUT2D eigenvalue weighted by atomic mass is 9.94. The molecule has 0 aliphatic heterocycles. The van der Waals surface area contributed by atoms with Crippen LogP contribution in [0, 0.1) is 0 Å². The topological polar surface area (TPSA) is 55.3 Å².